The van der Waals surface area contributed by atoms with Gasteiger partial charge in [0.15, 0.2) is 0 Å². The third-order valence-electron chi connectivity index (χ3n) is 1.46. The molecule has 5 heteroatoms. The molecule has 1 atom stereocenters. The van der Waals surface area contributed by atoms with E-state index in [1.165, 1.54) is 0 Å². The van der Waals surface area contributed by atoms with Gasteiger partial charge in [0, 0.05) is 10.4 Å². The summed E-state index contributed by atoms with van der Waals surface area (Å²) in [5.74, 6) is 0. The van der Waals surface area contributed by atoms with Gasteiger partial charge in [-0.05, 0) is 11.4 Å². The molecule has 1 unspecified atom stereocenters. The maximum Gasteiger partial charge on any atom is 0.348 e. The van der Waals surface area contributed by atoms with Crippen molar-refractivity contribution in [1.29, 1.82) is 0 Å². The molecule has 11 heavy (non-hydrogen) atoms. The minimum atomic E-state index is -2.54. The third-order valence-corrected chi connectivity index (χ3v) is 6.96. The average Bonchev–Trinajstić information content (AvgIpc) is 2.34. The Morgan fingerprint density at radius 3 is 2.45 bits per heavy atom. The van der Waals surface area contributed by atoms with Crippen LogP contribution in [0.15, 0.2) is 17.5 Å². The van der Waals surface area contributed by atoms with Crippen LogP contribution >= 0.6 is 44.6 Å². The topological polar surface area (TPSA) is 0 Å². The lowest BCUT2D eigenvalue weighted by Crippen LogP contribution is -2.19. The molecule has 0 nitrogen and oxygen atoms in total. The molecule has 0 aromatic carbocycles. The predicted octanol–water partition coefficient (Wildman–Crippen LogP) is 4.05. The van der Waals surface area contributed by atoms with E-state index in [9.17, 15) is 0 Å². The molecule has 0 bridgehead atoms. The van der Waals surface area contributed by atoms with Gasteiger partial charge >= 0.3 is 6.00 Å². The molecule has 1 rings (SSSR count). The van der Waals surface area contributed by atoms with Gasteiger partial charge in [-0.25, -0.2) is 0 Å². The second kappa shape index (κ2) is 3.67. The van der Waals surface area contributed by atoms with Crippen LogP contribution in [-0.4, -0.2) is 6.00 Å². The first-order valence-electron chi connectivity index (χ1n) is 3.12. The summed E-state index contributed by atoms with van der Waals surface area (Å²) < 4.78 is 0. The fourth-order valence-corrected chi connectivity index (χ4v) is 4.17. The lowest BCUT2D eigenvalue weighted by atomic mass is 10.4. The van der Waals surface area contributed by atoms with Crippen LogP contribution in [0.3, 0.4) is 0 Å². The molecule has 1 aromatic heterocycles. The second-order valence-electron chi connectivity index (χ2n) is 2.28. The van der Waals surface area contributed by atoms with Crippen molar-refractivity contribution >= 4 is 50.6 Å². The van der Waals surface area contributed by atoms with Crippen molar-refractivity contribution in [2.24, 2.45) is 0 Å². The molecule has 0 amide bonds. The molecule has 0 radical (unpaired) electrons. The standard InChI is InChI=1S/C6H7Cl3SSi/c1-5(11(7,8)9)6-3-2-4-10-6/h2-5H,1H3. The van der Waals surface area contributed by atoms with Crippen molar-refractivity contribution in [2.45, 2.75) is 12.5 Å². The van der Waals surface area contributed by atoms with Crippen molar-refractivity contribution in [2.75, 3.05) is 0 Å². The van der Waals surface area contributed by atoms with E-state index in [1.54, 1.807) is 11.3 Å². The Balaban J connectivity index is 2.78. The summed E-state index contributed by atoms with van der Waals surface area (Å²) in [6.07, 6.45) is 0. The summed E-state index contributed by atoms with van der Waals surface area (Å²) in [5.41, 5.74) is 0.104. The molecule has 0 N–H and O–H groups in total. The molecule has 0 fully saturated rings. The van der Waals surface area contributed by atoms with Crippen molar-refractivity contribution in [3.8, 4) is 0 Å². The van der Waals surface area contributed by atoms with E-state index in [0.29, 0.717) is 0 Å². The van der Waals surface area contributed by atoms with Gasteiger partial charge in [-0.3, -0.25) is 0 Å². The van der Waals surface area contributed by atoms with E-state index in [0.717, 1.165) is 4.88 Å². The van der Waals surface area contributed by atoms with Gasteiger partial charge in [-0.2, -0.15) is 0 Å². The summed E-state index contributed by atoms with van der Waals surface area (Å²) in [6, 6.07) is 1.44. The SMILES string of the molecule is CC(c1cccs1)[Si](Cl)(Cl)Cl. The van der Waals surface area contributed by atoms with Crippen LogP contribution in [0.4, 0.5) is 0 Å². The highest BCUT2D eigenvalue weighted by atomic mass is 35.8. The molecule has 1 aromatic rings. The Morgan fingerprint density at radius 1 is 1.45 bits per heavy atom. The normalized spacial score (nSPS) is 14.9. The lowest BCUT2D eigenvalue weighted by Gasteiger charge is -2.14. The molecule has 0 saturated heterocycles. The van der Waals surface area contributed by atoms with Crippen LogP contribution in [0.2, 0.25) is 0 Å². The Hall–Kier alpha value is 0.787. The quantitative estimate of drug-likeness (QED) is 0.545. The Labute approximate surface area is 85.2 Å². The molecule has 0 spiro atoms. The molecule has 0 aliphatic rings. The van der Waals surface area contributed by atoms with Crippen molar-refractivity contribution in [1.82, 2.24) is 0 Å². The predicted molar refractivity (Wildman–Crippen MR) is 56.0 cm³/mol. The van der Waals surface area contributed by atoms with Crippen LogP contribution < -0.4 is 0 Å². The number of thiophene rings is 1. The zero-order chi connectivity index (χ0) is 8.48. The van der Waals surface area contributed by atoms with Gasteiger partial charge in [-0.15, -0.1) is 44.6 Å². The molecule has 0 saturated carbocycles. The minimum Gasteiger partial charge on any atom is -0.149 e. The molecule has 0 aliphatic heterocycles. The monoisotopic (exact) mass is 244 g/mol. The Kier molecular flexibility index (Phi) is 3.29. The Bertz CT molecular complexity index is 216. The van der Waals surface area contributed by atoms with Crippen LogP contribution in [0.5, 0.6) is 0 Å². The molecular formula is C6H7Cl3SSi. The second-order valence-corrected chi connectivity index (χ2v) is 12.3. The summed E-state index contributed by atoms with van der Waals surface area (Å²) in [5, 5.41) is 2.00. The van der Waals surface area contributed by atoms with Crippen LogP contribution in [-0.2, 0) is 0 Å². The lowest BCUT2D eigenvalue weighted by molar-refractivity contribution is 1.10. The minimum absolute atomic E-state index is 0.104. The van der Waals surface area contributed by atoms with Gasteiger partial charge in [0.05, 0.1) is 0 Å². The smallest absolute Gasteiger partial charge is 0.149 e. The average molecular weight is 246 g/mol. The van der Waals surface area contributed by atoms with Gasteiger partial charge < -0.3 is 0 Å². The largest absolute Gasteiger partial charge is 0.348 e. The van der Waals surface area contributed by atoms with E-state index < -0.39 is 6.00 Å². The fourth-order valence-electron chi connectivity index (χ4n) is 0.699. The fraction of sp³-hybridized carbons (Fsp3) is 0.333. The zero-order valence-electron chi connectivity index (χ0n) is 5.85. The van der Waals surface area contributed by atoms with Crippen molar-refractivity contribution in [3.05, 3.63) is 22.4 Å². The maximum absolute atomic E-state index is 5.85. The van der Waals surface area contributed by atoms with E-state index in [1.807, 2.05) is 24.4 Å². The molecule has 0 aliphatic carbocycles. The van der Waals surface area contributed by atoms with Crippen molar-refractivity contribution < 1.29 is 0 Å². The zero-order valence-corrected chi connectivity index (χ0v) is 9.94. The maximum atomic E-state index is 5.85. The first-order valence-corrected chi connectivity index (χ1v) is 9.11. The number of hydrogen-bond acceptors (Lipinski definition) is 1. The number of halogens is 3. The van der Waals surface area contributed by atoms with Gasteiger partial charge in [0.1, 0.15) is 0 Å². The van der Waals surface area contributed by atoms with E-state index in [-0.39, 0.29) is 5.54 Å². The van der Waals surface area contributed by atoms with E-state index >= 15 is 0 Å². The van der Waals surface area contributed by atoms with Gasteiger partial charge in [-0.1, -0.05) is 13.0 Å². The highest BCUT2D eigenvalue weighted by Crippen LogP contribution is 2.37. The van der Waals surface area contributed by atoms with Gasteiger partial charge in [0.25, 0.3) is 0 Å². The summed E-state index contributed by atoms with van der Waals surface area (Å²) in [4.78, 5) is 1.16. The highest BCUT2D eigenvalue weighted by Gasteiger charge is 2.34. The number of rotatable bonds is 2. The van der Waals surface area contributed by atoms with E-state index in [4.69, 9.17) is 33.2 Å². The number of hydrogen-bond donors (Lipinski definition) is 0. The molecular weight excluding hydrogens is 239 g/mol. The van der Waals surface area contributed by atoms with Crippen LogP contribution in [0.1, 0.15) is 17.3 Å². The highest BCUT2D eigenvalue weighted by molar-refractivity contribution is 7.65. The van der Waals surface area contributed by atoms with E-state index in [2.05, 4.69) is 0 Å². The van der Waals surface area contributed by atoms with Crippen LogP contribution in [0, 0.1) is 0 Å². The van der Waals surface area contributed by atoms with Crippen molar-refractivity contribution in [3.63, 3.8) is 0 Å². The first-order chi connectivity index (χ1) is 5.02. The molecule has 62 valence electrons. The summed E-state index contributed by atoms with van der Waals surface area (Å²) in [6.45, 7) is 1.96. The summed E-state index contributed by atoms with van der Waals surface area (Å²) in [7, 11) is 0. The summed E-state index contributed by atoms with van der Waals surface area (Å²) >= 11 is 19.2. The van der Waals surface area contributed by atoms with Gasteiger partial charge in [0.2, 0.25) is 0 Å². The third kappa shape index (κ3) is 2.63. The molecule has 1 heterocycles. The first kappa shape index (κ1) is 9.87. The Morgan fingerprint density at radius 2 is 2.09 bits per heavy atom. The van der Waals surface area contributed by atoms with Crippen LogP contribution in [0.25, 0.3) is 0 Å².